The number of thiophene rings is 1. The van der Waals surface area contributed by atoms with Gasteiger partial charge in [-0.15, -0.1) is 11.3 Å². The number of hydrogen-bond donors (Lipinski definition) is 2. The molecule has 2 aliphatic rings. The van der Waals surface area contributed by atoms with Crippen molar-refractivity contribution < 1.29 is 4.79 Å². The fraction of sp³-hybridized carbons (Fsp3) is 0.667. The summed E-state index contributed by atoms with van der Waals surface area (Å²) in [6.07, 6.45) is 5.58. The zero-order valence-corrected chi connectivity index (χ0v) is 12.5. The van der Waals surface area contributed by atoms with Gasteiger partial charge in [0.05, 0.1) is 15.6 Å². The summed E-state index contributed by atoms with van der Waals surface area (Å²) < 4.78 is 0. The van der Waals surface area contributed by atoms with E-state index in [4.69, 9.17) is 5.73 Å². The molecule has 0 saturated heterocycles. The molecule has 2 aliphatic carbocycles. The number of nitrogens with one attached hydrogen (secondary N) is 1. The van der Waals surface area contributed by atoms with Crippen molar-refractivity contribution in [1.82, 2.24) is 0 Å². The highest BCUT2D eigenvalue weighted by Crippen LogP contribution is 2.52. The summed E-state index contributed by atoms with van der Waals surface area (Å²) >= 11 is 1.57. The summed E-state index contributed by atoms with van der Waals surface area (Å²) in [4.78, 5) is 12.7. The van der Waals surface area contributed by atoms with E-state index < -0.39 is 0 Å². The summed E-state index contributed by atoms with van der Waals surface area (Å²) in [5.41, 5.74) is 8.67. The van der Waals surface area contributed by atoms with Crippen LogP contribution in [0.2, 0.25) is 0 Å². The van der Waals surface area contributed by atoms with Gasteiger partial charge in [-0.1, -0.05) is 13.8 Å². The van der Waals surface area contributed by atoms with Gasteiger partial charge >= 0.3 is 0 Å². The van der Waals surface area contributed by atoms with Crippen molar-refractivity contribution in [3.63, 3.8) is 0 Å². The maximum atomic E-state index is 12.0. The van der Waals surface area contributed by atoms with Gasteiger partial charge in [0.2, 0.25) is 0 Å². The smallest absolute Gasteiger partial charge is 0.174 e. The molecule has 3 N–H and O–H groups in total. The Morgan fingerprint density at radius 1 is 1.47 bits per heavy atom. The molecule has 104 valence electrons. The third-order valence-electron chi connectivity index (χ3n) is 4.32. The average Bonchev–Trinajstić information content (AvgIpc) is 3.30. The van der Waals surface area contributed by atoms with Crippen LogP contribution in [-0.4, -0.2) is 12.3 Å². The van der Waals surface area contributed by atoms with Crippen LogP contribution in [0.25, 0.3) is 0 Å². The van der Waals surface area contributed by atoms with Crippen molar-refractivity contribution >= 4 is 27.8 Å². The minimum absolute atomic E-state index is 0.176. The van der Waals surface area contributed by atoms with E-state index in [1.807, 2.05) is 6.92 Å². The lowest BCUT2D eigenvalue weighted by Gasteiger charge is -2.11. The molecule has 0 radical (unpaired) electrons. The highest BCUT2D eigenvalue weighted by Gasteiger charge is 2.38. The van der Waals surface area contributed by atoms with E-state index in [0.717, 1.165) is 22.1 Å². The summed E-state index contributed by atoms with van der Waals surface area (Å²) in [5, 5.41) is 4.72. The maximum Gasteiger partial charge on any atom is 0.174 e. The molecule has 2 fully saturated rings. The molecule has 4 heteroatoms. The van der Waals surface area contributed by atoms with Gasteiger partial charge in [-0.2, -0.15) is 0 Å². The Labute approximate surface area is 118 Å². The predicted molar refractivity (Wildman–Crippen MR) is 81.2 cm³/mol. The van der Waals surface area contributed by atoms with Crippen LogP contribution >= 0.6 is 11.3 Å². The largest absolute Gasteiger partial charge is 0.397 e. The molecule has 0 amide bonds. The number of carbonyl (C=O) groups is 1. The quantitative estimate of drug-likeness (QED) is 0.773. The highest BCUT2D eigenvalue weighted by atomic mass is 32.1. The Balaban J connectivity index is 1.86. The molecule has 0 spiro atoms. The number of anilines is 2. The summed E-state index contributed by atoms with van der Waals surface area (Å²) in [5.74, 6) is 0.763. The number of carbonyl (C=O) groups excluding carboxylic acids is 1. The van der Waals surface area contributed by atoms with E-state index in [2.05, 4.69) is 12.2 Å². The molecule has 3 nitrogen and oxygen atoms in total. The second-order valence-corrected chi connectivity index (χ2v) is 7.32. The summed E-state index contributed by atoms with van der Waals surface area (Å²) in [6, 6.07) is 0. The molecule has 0 aliphatic heterocycles. The number of nitrogens with two attached hydrogens (primary N) is 1. The lowest BCUT2D eigenvalue weighted by Crippen LogP contribution is -2.11. The molecule has 1 aromatic rings. The predicted octanol–water partition coefficient (Wildman–Crippen LogP) is 4.01. The van der Waals surface area contributed by atoms with Crippen LogP contribution in [0.15, 0.2) is 0 Å². The topological polar surface area (TPSA) is 55.1 Å². The van der Waals surface area contributed by atoms with Crippen LogP contribution in [0.5, 0.6) is 0 Å². The fourth-order valence-electron chi connectivity index (χ4n) is 2.42. The van der Waals surface area contributed by atoms with Crippen LogP contribution in [0.3, 0.4) is 0 Å². The molecular weight excluding hydrogens is 256 g/mol. The number of rotatable bonds is 6. The Bertz CT molecular complexity index is 512. The van der Waals surface area contributed by atoms with Crippen molar-refractivity contribution in [3.8, 4) is 0 Å². The molecule has 0 atom stereocenters. The van der Waals surface area contributed by atoms with Crippen molar-refractivity contribution in [2.24, 2.45) is 5.41 Å². The Morgan fingerprint density at radius 3 is 2.68 bits per heavy atom. The molecule has 3 rings (SSSR count). The normalized spacial score (nSPS) is 20.3. The Kier molecular flexibility index (Phi) is 3.08. The molecule has 0 unspecified atom stereocenters. The third-order valence-corrected chi connectivity index (χ3v) is 5.54. The first-order valence-corrected chi connectivity index (χ1v) is 8.05. The van der Waals surface area contributed by atoms with Gasteiger partial charge in [-0.25, -0.2) is 0 Å². The number of Topliss-reactive ketones (excluding diaryl/α,β-unsaturated/α-hetero) is 1. The van der Waals surface area contributed by atoms with E-state index in [9.17, 15) is 4.79 Å². The second kappa shape index (κ2) is 4.51. The van der Waals surface area contributed by atoms with Crippen molar-refractivity contribution in [3.05, 3.63) is 10.4 Å². The highest BCUT2D eigenvalue weighted by molar-refractivity contribution is 7.18. The van der Waals surface area contributed by atoms with Gasteiger partial charge in [0.15, 0.2) is 5.78 Å². The maximum absolute atomic E-state index is 12.0. The van der Waals surface area contributed by atoms with Gasteiger partial charge in [-0.3, -0.25) is 4.79 Å². The summed E-state index contributed by atoms with van der Waals surface area (Å²) in [7, 11) is 0. The Hall–Kier alpha value is -1.03. The van der Waals surface area contributed by atoms with Crippen LogP contribution in [0.1, 0.15) is 67.1 Å². The van der Waals surface area contributed by atoms with Gasteiger partial charge in [0.25, 0.3) is 0 Å². The zero-order valence-electron chi connectivity index (χ0n) is 11.7. The van der Waals surface area contributed by atoms with Gasteiger partial charge in [0, 0.05) is 18.5 Å². The van der Waals surface area contributed by atoms with Gasteiger partial charge in [-0.05, 0) is 37.0 Å². The monoisotopic (exact) mass is 278 g/mol. The number of hydrogen-bond acceptors (Lipinski definition) is 4. The van der Waals surface area contributed by atoms with Crippen molar-refractivity contribution in [1.29, 1.82) is 0 Å². The minimum Gasteiger partial charge on any atom is -0.397 e. The van der Waals surface area contributed by atoms with Gasteiger partial charge < -0.3 is 11.1 Å². The molecule has 2 saturated carbocycles. The van der Waals surface area contributed by atoms with Gasteiger partial charge in [0.1, 0.15) is 0 Å². The zero-order chi connectivity index (χ0) is 13.6. The van der Waals surface area contributed by atoms with E-state index in [1.165, 1.54) is 31.2 Å². The van der Waals surface area contributed by atoms with E-state index in [1.54, 1.807) is 11.3 Å². The number of ketones is 1. The van der Waals surface area contributed by atoms with Crippen LogP contribution < -0.4 is 11.1 Å². The lowest BCUT2D eigenvalue weighted by molar-refractivity contribution is 0.0993. The van der Waals surface area contributed by atoms with Crippen molar-refractivity contribution in [2.75, 3.05) is 17.6 Å². The first-order valence-electron chi connectivity index (χ1n) is 7.23. The van der Waals surface area contributed by atoms with E-state index in [0.29, 0.717) is 17.8 Å². The first kappa shape index (κ1) is 13.0. The SMILES string of the molecule is CCC(=O)c1sc(NCC2(C)CC2)c(C2CC2)c1N. The Morgan fingerprint density at radius 2 is 2.16 bits per heavy atom. The van der Waals surface area contributed by atoms with Crippen molar-refractivity contribution in [2.45, 2.75) is 51.9 Å². The minimum atomic E-state index is 0.176. The molecule has 19 heavy (non-hydrogen) atoms. The second-order valence-electron chi connectivity index (χ2n) is 6.30. The number of nitrogen functional groups attached to an aromatic ring is 1. The average molecular weight is 278 g/mol. The molecular formula is C15H22N2OS. The molecule has 0 aromatic carbocycles. The van der Waals surface area contributed by atoms with Crippen LogP contribution in [-0.2, 0) is 0 Å². The lowest BCUT2D eigenvalue weighted by atomic mass is 10.1. The van der Waals surface area contributed by atoms with Crippen LogP contribution in [0, 0.1) is 5.41 Å². The van der Waals surface area contributed by atoms with E-state index >= 15 is 0 Å². The molecule has 1 heterocycles. The molecule has 1 aromatic heterocycles. The third kappa shape index (κ3) is 2.50. The van der Waals surface area contributed by atoms with Crippen LogP contribution in [0.4, 0.5) is 10.7 Å². The molecule has 0 bridgehead atoms. The summed E-state index contributed by atoms with van der Waals surface area (Å²) in [6.45, 7) is 5.22. The van der Waals surface area contributed by atoms with E-state index in [-0.39, 0.29) is 5.78 Å². The fourth-order valence-corrected chi connectivity index (χ4v) is 3.63. The first-order chi connectivity index (χ1) is 9.04. The standard InChI is InChI=1S/C15H22N2OS/c1-3-10(18)13-12(16)11(9-4-5-9)14(19-13)17-8-15(2)6-7-15/h9,17H,3-8,16H2,1-2H3.